The van der Waals surface area contributed by atoms with E-state index in [1.165, 1.54) is 9.80 Å². The lowest BCUT2D eigenvalue weighted by molar-refractivity contribution is -0.147. The largest absolute Gasteiger partial charge is 0.394 e. The Labute approximate surface area is 274 Å². The maximum atomic E-state index is 14.9. The lowest BCUT2D eigenvalue weighted by Crippen LogP contribution is -2.57. The highest BCUT2D eigenvalue weighted by Crippen LogP contribution is 2.60. The fourth-order valence-electron chi connectivity index (χ4n) is 7.67. The van der Waals surface area contributed by atoms with Crippen LogP contribution in [0.3, 0.4) is 0 Å². The zero-order valence-corrected chi connectivity index (χ0v) is 26.3. The van der Waals surface area contributed by atoms with Crippen molar-refractivity contribution in [1.82, 2.24) is 9.80 Å². The minimum Gasteiger partial charge on any atom is -0.394 e. The third kappa shape index (κ3) is 5.34. The Morgan fingerprint density at radius 2 is 1.63 bits per heavy atom. The van der Waals surface area contributed by atoms with Crippen molar-refractivity contribution in [3.8, 4) is 0 Å². The molecule has 6 atom stereocenters. The van der Waals surface area contributed by atoms with Crippen molar-refractivity contribution in [2.75, 3.05) is 24.6 Å². The van der Waals surface area contributed by atoms with E-state index in [9.17, 15) is 19.5 Å². The Kier molecular flexibility index (Phi) is 9.13. The number of carbonyl (C=O) groups is 3. The number of ether oxygens (including phenoxy) is 1. The van der Waals surface area contributed by atoms with Crippen LogP contribution in [-0.2, 0) is 25.7 Å². The number of para-hydroxylation sites is 1. The van der Waals surface area contributed by atoms with Gasteiger partial charge in [0.05, 0.1) is 41.3 Å². The maximum absolute atomic E-state index is 14.9. The Hall–Kier alpha value is -4.24. The number of anilines is 1. The highest BCUT2D eigenvalue weighted by Gasteiger charge is 2.75. The number of aliphatic hydroxyl groups is 1. The molecule has 1 spiro atoms. The summed E-state index contributed by atoms with van der Waals surface area (Å²) in [5, 5.41) is 11.2. The third-order valence-electron chi connectivity index (χ3n) is 9.55. The first kappa shape index (κ1) is 31.7. The Balaban J connectivity index is 1.45. The summed E-state index contributed by atoms with van der Waals surface area (Å²) in [4.78, 5) is 48.9. The molecule has 3 amide bonds. The van der Waals surface area contributed by atoms with Gasteiger partial charge in [-0.15, -0.1) is 13.2 Å². The van der Waals surface area contributed by atoms with E-state index >= 15 is 0 Å². The first-order valence-corrected chi connectivity index (χ1v) is 16.0. The average molecular weight is 640 g/mol. The molecule has 2 unspecified atom stereocenters. The number of carbonyl (C=O) groups excluding carboxylic acids is 3. The van der Waals surface area contributed by atoms with Gasteiger partial charge in [0.2, 0.25) is 11.8 Å². The molecular formula is C37H38ClN3O5. The molecule has 3 aliphatic rings. The molecule has 0 saturated carbocycles. The maximum Gasteiger partial charge on any atom is 0.253 e. The van der Waals surface area contributed by atoms with E-state index in [-0.39, 0.29) is 18.4 Å². The van der Waals surface area contributed by atoms with E-state index in [2.05, 4.69) is 13.2 Å². The van der Waals surface area contributed by atoms with Crippen LogP contribution in [-0.4, -0.2) is 70.1 Å². The average Bonchev–Trinajstić information content (AvgIpc) is 3.72. The van der Waals surface area contributed by atoms with Crippen molar-refractivity contribution in [3.63, 3.8) is 0 Å². The topological polar surface area (TPSA) is 90.4 Å². The third-order valence-corrected chi connectivity index (χ3v) is 9.87. The monoisotopic (exact) mass is 639 g/mol. The number of rotatable bonds is 12. The second kappa shape index (κ2) is 13.2. The molecule has 3 fully saturated rings. The van der Waals surface area contributed by atoms with E-state index in [1.54, 1.807) is 41.3 Å². The van der Waals surface area contributed by atoms with Crippen LogP contribution in [0.4, 0.5) is 5.69 Å². The summed E-state index contributed by atoms with van der Waals surface area (Å²) in [5.41, 5.74) is 0.833. The lowest BCUT2D eigenvalue weighted by atomic mass is 9.70. The summed E-state index contributed by atoms with van der Waals surface area (Å²) in [6, 6.07) is 23.9. The zero-order chi connectivity index (χ0) is 32.4. The number of hydrogen-bond acceptors (Lipinski definition) is 5. The van der Waals surface area contributed by atoms with E-state index < -0.39 is 48.1 Å². The van der Waals surface area contributed by atoms with Crippen LogP contribution in [0.5, 0.6) is 0 Å². The van der Waals surface area contributed by atoms with Crippen molar-refractivity contribution in [1.29, 1.82) is 0 Å². The Morgan fingerprint density at radius 3 is 2.28 bits per heavy atom. The number of likely N-dealkylation sites (tertiary alicyclic amines) is 1. The van der Waals surface area contributed by atoms with Gasteiger partial charge < -0.3 is 24.5 Å². The highest BCUT2D eigenvalue weighted by atomic mass is 35.5. The smallest absolute Gasteiger partial charge is 0.253 e. The molecule has 3 heterocycles. The van der Waals surface area contributed by atoms with Crippen molar-refractivity contribution < 1.29 is 24.2 Å². The first-order chi connectivity index (χ1) is 22.4. The van der Waals surface area contributed by atoms with Crippen molar-refractivity contribution in [2.24, 2.45) is 11.8 Å². The number of benzene rings is 3. The second-order valence-electron chi connectivity index (χ2n) is 12.1. The summed E-state index contributed by atoms with van der Waals surface area (Å²) in [7, 11) is 0. The van der Waals surface area contributed by atoms with Gasteiger partial charge in [-0.25, -0.2) is 0 Å². The highest BCUT2D eigenvalue weighted by molar-refractivity contribution is 6.34. The van der Waals surface area contributed by atoms with Crippen molar-refractivity contribution in [2.45, 2.75) is 43.2 Å². The molecule has 3 aromatic carbocycles. The standard InChI is InChI=1S/C37H38ClN3O5/c1-3-21-39(23-25-13-7-5-8-14-25)34(43)31-30-19-20-37(46-30)32(31)35(44)41(29(24-42)26-15-9-6-10-16-26)33(37)36(45)40(22-4-2)28-18-12-11-17-27(28)38/h3-18,29-33,42H,1-2,19-24H2/t29-,30-,31+,32+,33?,37?/m1/s1. The Morgan fingerprint density at radius 1 is 0.978 bits per heavy atom. The number of hydrogen-bond donors (Lipinski definition) is 1. The lowest BCUT2D eigenvalue weighted by Gasteiger charge is -2.39. The molecule has 9 heteroatoms. The first-order valence-electron chi connectivity index (χ1n) is 15.6. The summed E-state index contributed by atoms with van der Waals surface area (Å²) in [5.74, 6) is -2.70. The molecule has 6 rings (SSSR count). The van der Waals surface area contributed by atoms with Crippen LogP contribution >= 0.6 is 11.6 Å². The molecule has 0 aliphatic carbocycles. The van der Waals surface area contributed by atoms with E-state index in [0.717, 1.165) is 5.56 Å². The predicted octanol–water partition coefficient (Wildman–Crippen LogP) is 5.18. The van der Waals surface area contributed by atoms with Gasteiger partial charge in [-0.2, -0.15) is 0 Å². The molecule has 8 nitrogen and oxygen atoms in total. The predicted molar refractivity (Wildman–Crippen MR) is 177 cm³/mol. The van der Waals surface area contributed by atoms with Gasteiger partial charge in [-0.1, -0.05) is 96.5 Å². The number of nitrogens with zero attached hydrogens (tertiary/aromatic N) is 3. The fraction of sp³-hybridized carbons (Fsp3) is 0.324. The van der Waals surface area contributed by atoms with Gasteiger partial charge in [0.15, 0.2) is 0 Å². The second-order valence-corrected chi connectivity index (χ2v) is 12.5. The van der Waals surface area contributed by atoms with E-state index in [4.69, 9.17) is 16.3 Å². The molecule has 3 saturated heterocycles. The van der Waals surface area contributed by atoms with Crippen LogP contribution in [0.15, 0.2) is 110 Å². The van der Waals surface area contributed by atoms with Crippen LogP contribution in [0.25, 0.3) is 0 Å². The molecule has 46 heavy (non-hydrogen) atoms. The molecule has 0 aromatic heterocycles. The van der Waals surface area contributed by atoms with Crippen molar-refractivity contribution >= 4 is 35.0 Å². The minimum absolute atomic E-state index is 0.132. The molecule has 2 bridgehead atoms. The number of amides is 3. The Bertz CT molecular complexity index is 1620. The summed E-state index contributed by atoms with van der Waals surface area (Å²) >= 11 is 6.60. The molecular weight excluding hydrogens is 602 g/mol. The molecule has 238 valence electrons. The van der Waals surface area contributed by atoms with Gasteiger partial charge in [-0.05, 0) is 36.1 Å². The molecule has 3 aromatic rings. The molecule has 3 aliphatic heterocycles. The molecule has 1 N–H and O–H groups in total. The van der Waals surface area contributed by atoms with Crippen LogP contribution in [0.2, 0.25) is 5.02 Å². The summed E-state index contributed by atoms with van der Waals surface area (Å²) < 4.78 is 6.73. The SMILES string of the molecule is C=CCN(Cc1ccccc1)C(=O)[C@@H]1[C@H]2C(=O)N([C@H](CO)c3ccccc3)C(C(=O)N(CC=C)c3ccccc3Cl)C23CC[C@H]1O3. The van der Waals surface area contributed by atoms with Gasteiger partial charge in [0.1, 0.15) is 11.6 Å². The number of halogens is 1. The summed E-state index contributed by atoms with van der Waals surface area (Å²) in [6.45, 7) is 8.09. The minimum atomic E-state index is -1.27. The van der Waals surface area contributed by atoms with Gasteiger partial charge in [0.25, 0.3) is 5.91 Å². The quantitative estimate of drug-likeness (QED) is 0.276. The van der Waals surface area contributed by atoms with Crippen LogP contribution in [0, 0.1) is 11.8 Å². The molecule has 0 radical (unpaired) electrons. The number of fused-ring (bicyclic) bond motifs is 1. The van der Waals surface area contributed by atoms with Crippen LogP contribution in [0.1, 0.15) is 30.0 Å². The zero-order valence-electron chi connectivity index (χ0n) is 25.6. The van der Waals surface area contributed by atoms with E-state index in [1.807, 2.05) is 60.7 Å². The van der Waals surface area contributed by atoms with E-state index in [0.29, 0.717) is 42.2 Å². The van der Waals surface area contributed by atoms with Gasteiger partial charge >= 0.3 is 0 Å². The van der Waals surface area contributed by atoms with Gasteiger partial charge in [-0.3, -0.25) is 14.4 Å². The van der Waals surface area contributed by atoms with Crippen LogP contribution < -0.4 is 4.90 Å². The number of aliphatic hydroxyl groups excluding tert-OH is 1. The normalized spacial score (nSPS) is 25.2. The fourth-order valence-corrected chi connectivity index (χ4v) is 7.91. The van der Waals surface area contributed by atoms with Crippen molar-refractivity contribution in [3.05, 3.63) is 126 Å². The van der Waals surface area contributed by atoms with Gasteiger partial charge in [0, 0.05) is 19.6 Å². The summed E-state index contributed by atoms with van der Waals surface area (Å²) in [6.07, 6.45) is 3.69.